The van der Waals surface area contributed by atoms with Crippen molar-refractivity contribution in [2.45, 2.75) is 58.7 Å². The van der Waals surface area contributed by atoms with Crippen molar-refractivity contribution in [3.8, 4) is 0 Å². The summed E-state index contributed by atoms with van der Waals surface area (Å²) in [6.07, 6.45) is 1.79. The highest BCUT2D eigenvalue weighted by Gasteiger charge is 2.27. The van der Waals surface area contributed by atoms with Crippen LogP contribution in [0.5, 0.6) is 0 Å². The molecule has 0 bridgehead atoms. The van der Waals surface area contributed by atoms with E-state index in [0.29, 0.717) is 15.6 Å². The normalized spacial score (nSPS) is 13.1. The molecule has 11 heteroatoms. The van der Waals surface area contributed by atoms with Gasteiger partial charge in [-0.05, 0) is 56.5 Å². The summed E-state index contributed by atoms with van der Waals surface area (Å²) < 4.78 is 39.8. The molecule has 0 unspecified atom stereocenters. The summed E-state index contributed by atoms with van der Waals surface area (Å²) in [7, 11) is -3.79. The smallest absolute Gasteiger partial charge is 0.242 e. The van der Waals surface area contributed by atoms with Gasteiger partial charge in [0.2, 0.25) is 21.8 Å². The molecule has 0 radical (unpaired) electrons. The summed E-state index contributed by atoms with van der Waals surface area (Å²) in [6.45, 7) is 5.46. The van der Waals surface area contributed by atoms with Crippen molar-refractivity contribution < 1.29 is 22.4 Å². The summed E-state index contributed by atoms with van der Waals surface area (Å²) in [5.41, 5.74) is 0.603. The van der Waals surface area contributed by atoms with Crippen molar-refractivity contribution in [2.24, 2.45) is 0 Å². The fourth-order valence-electron chi connectivity index (χ4n) is 3.52. The minimum absolute atomic E-state index is 0.0528. The molecular formula is C25H32Cl2FN3O4S. The molecule has 2 atom stereocenters. The zero-order valence-corrected chi connectivity index (χ0v) is 23.1. The Balaban J connectivity index is 2.21. The molecule has 2 aromatic rings. The zero-order valence-electron chi connectivity index (χ0n) is 20.8. The Hall–Kier alpha value is -2.36. The Bertz CT molecular complexity index is 1180. The molecule has 198 valence electrons. The Morgan fingerprint density at radius 3 is 2.33 bits per heavy atom. The lowest BCUT2D eigenvalue weighted by molar-refractivity contribution is -0.140. The van der Waals surface area contributed by atoms with Crippen LogP contribution in [0.3, 0.4) is 0 Å². The third-order valence-corrected chi connectivity index (χ3v) is 7.70. The highest BCUT2D eigenvalue weighted by Crippen LogP contribution is 2.25. The second-order valence-corrected chi connectivity index (χ2v) is 11.4. The summed E-state index contributed by atoms with van der Waals surface area (Å²) >= 11 is 12.1. The quantitative estimate of drug-likeness (QED) is 0.396. The second-order valence-electron chi connectivity index (χ2n) is 8.65. The van der Waals surface area contributed by atoms with E-state index in [-0.39, 0.29) is 49.5 Å². The molecule has 0 spiro atoms. The van der Waals surface area contributed by atoms with Gasteiger partial charge in [0.1, 0.15) is 11.9 Å². The molecule has 2 aromatic carbocycles. The Morgan fingerprint density at radius 1 is 1.08 bits per heavy atom. The fraction of sp³-hybridized carbons (Fsp3) is 0.440. The van der Waals surface area contributed by atoms with E-state index in [0.717, 1.165) is 17.0 Å². The molecular weight excluding hydrogens is 528 g/mol. The molecule has 0 saturated heterocycles. The van der Waals surface area contributed by atoms with Crippen molar-refractivity contribution in [1.29, 1.82) is 0 Å². The Kier molecular flexibility index (Phi) is 11.0. The maximum absolute atomic E-state index is 14.3. The van der Waals surface area contributed by atoms with E-state index in [1.807, 2.05) is 13.8 Å². The van der Waals surface area contributed by atoms with Gasteiger partial charge in [0.25, 0.3) is 0 Å². The van der Waals surface area contributed by atoms with E-state index in [1.54, 1.807) is 25.1 Å². The SMILES string of the molecule is CC[C@@H](C)NC(=O)[C@@H](C)N(Cc1ccc(Cl)c(Cl)c1)C(=O)CCCN(c1ccccc1F)S(C)(=O)=O. The topological polar surface area (TPSA) is 86.8 Å². The summed E-state index contributed by atoms with van der Waals surface area (Å²) in [5, 5.41) is 3.58. The molecule has 0 fully saturated rings. The van der Waals surface area contributed by atoms with Gasteiger partial charge >= 0.3 is 0 Å². The lowest BCUT2D eigenvalue weighted by Gasteiger charge is -2.30. The molecule has 1 N–H and O–H groups in total. The number of rotatable bonds is 12. The van der Waals surface area contributed by atoms with Gasteiger partial charge in [0.15, 0.2) is 0 Å². The van der Waals surface area contributed by atoms with Gasteiger partial charge in [0.05, 0.1) is 22.0 Å². The van der Waals surface area contributed by atoms with E-state index in [1.165, 1.54) is 29.2 Å². The molecule has 36 heavy (non-hydrogen) atoms. The number of carbonyl (C=O) groups excluding carboxylic acids is 2. The number of hydrogen-bond acceptors (Lipinski definition) is 4. The van der Waals surface area contributed by atoms with E-state index >= 15 is 0 Å². The first kappa shape index (κ1) is 29.9. The van der Waals surface area contributed by atoms with Crippen LogP contribution in [0, 0.1) is 5.82 Å². The van der Waals surface area contributed by atoms with Gasteiger partial charge in [0, 0.05) is 25.6 Å². The molecule has 0 aliphatic heterocycles. The van der Waals surface area contributed by atoms with Gasteiger partial charge in [-0.2, -0.15) is 0 Å². The highest BCUT2D eigenvalue weighted by atomic mass is 35.5. The largest absolute Gasteiger partial charge is 0.352 e. The minimum Gasteiger partial charge on any atom is -0.352 e. The standard InChI is InChI=1S/C25H32Cl2FN3O4S/c1-5-17(2)29-25(33)18(3)30(16-19-12-13-20(26)21(27)15-19)24(32)11-8-14-31(36(4,34)35)23-10-7-6-9-22(23)28/h6-7,9-10,12-13,15,17-18H,5,8,11,14,16H2,1-4H3,(H,29,33)/t17-,18-/m1/s1. The number of anilines is 1. The second kappa shape index (κ2) is 13.3. The lowest BCUT2D eigenvalue weighted by Crippen LogP contribution is -2.49. The van der Waals surface area contributed by atoms with Crippen molar-refractivity contribution in [3.05, 3.63) is 63.9 Å². The first-order valence-corrected chi connectivity index (χ1v) is 14.2. The van der Waals surface area contributed by atoms with Crippen LogP contribution in [0.25, 0.3) is 0 Å². The monoisotopic (exact) mass is 559 g/mol. The molecule has 0 saturated carbocycles. The predicted molar refractivity (Wildman–Crippen MR) is 142 cm³/mol. The number of hydrogen-bond donors (Lipinski definition) is 1. The van der Waals surface area contributed by atoms with Crippen LogP contribution in [-0.4, -0.2) is 50.0 Å². The van der Waals surface area contributed by atoms with Crippen LogP contribution in [-0.2, 0) is 26.2 Å². The number of amides is 2. The third kappa shape index (κ3) is 8.35. The average Bonchev–Trinajstić information content (AvgIpc) is 2.81. The molecule has 2 amide bonds. The van der Waals surface area contributed by atoms with Crippen LogP contribution in [0.4, 0.5) is 10.1 Å². The van der Waals surface area contributed by atoms with E-state index in [9.17, 15) is 22.4 Å². The van der Waals surface area contributed by atoms with Gasteiger partial charge in [-0.1, -0.05) is 48.3 Å². The number of carbonyl (C=O) groups is 2. The van der Waals surface area contributed by atoms with Crippen LogP contribution in [0.15, 0.2) is 42.5 Å². The molecule has 0 heterocycles. The first-order chi connectivity index (χ1) is 16.8. The van der Waals surface area contributed by atoms with E-state index in [4.69, 9.17) is 23.2 Å². The number of halogens is 3. The van der Waals surface area contributed by atoms with Crippen LogP contribution in [0.1, 0.15) is 45.6 Å². The number of nitrogens with one attached hydrogen (secondary N) is 1. The minimum atomic E-state index is -3.79. The van der Waals surface area contributed by atoms with Gasteiger partial charge < -0.3 is 10.2 Å². The van der Waals surface area contributed by atoms with Crippen molar-refractivity contribution >= 4 is 50.7 Å². The molecule has 7 nitrogen and oxygen atoms in total. The third-order valence-electron chi connectivity index (χ3n) is 5.78. The van der Waals surface area contributed by atoms with Gasteiger partial charge in [-0.25, -0.2) is 12.8 Å². The van der Waals surface area contributed by atoms with E-state index < -0.39 is 21.9 Å². The maximum Gasteiger partial charge on any atom is 0.242 e. The average molecular weight is 561 g/mol. The fourth-order valence-corrected chi connectivity index (χ4v) is 4.81. The van der Waals surface area contributed by atoms with Gasteiger partial charge in [-0.15, -0.1) is 0 Å². The zero-order chi connectivity index (χ0) is 27.0. The van der Waals surface area contributed by atoms with Crippen LogP contribution in [0.2, 0.25) is 10.0 Å². The molecule has 2 rings (SSSR count). The lowest BCUT2D eigenvalue weighted by atomic mass is 10.1. The van der Waals surface area contributed by atoms with Crippen molar-refractivity contribution in [2.75, 3.05) is 17.1 Å². The molecule has 0 aliphatic carbocycles. The summed E-state index contributed by atoms with van der Waals surface area (Å²) in [4.78, 5) is 27.5. The van der Waals surface area contributed by atoms with Crippen LogP contribution >= 0.6 is 23.2 Å². The van der Waals surface area contributed by atoms with Crippen molar-refractivity contribution in [1.82, 2.24) is 10.2 Å². The Labute approximate surface area is 222 Å². The molecule has 0 aliphatic rings. The predicted octanol–water partition coefficient (Wildman–Crippen LogP) is 5.01. The number of para-hydroxylation sites is 1. The van der Waals surface area contributed by atoms with E-state index in [2.05, 4.69) is 5.32 Å². The first-order valence-electron chi connectivity index (χ1n) is 11.6. The van der Waals surface area contributed by atoms with Gasteiger partial charge in [-0.3, -0.25) is 13.9 Å². The van der Waals surface area contributed by atoms with Crippen molar-refractivity contribution in [3.63, 3.8) is 0 Å². The highest BCUT2D eigenvalue weighted by molar-refractivity contribution is 7.92. The van der Waals surface area contributed by atoms with Crippen LogP contribution < -0.4 is 9.62 Å². The summed E-state index contributed by atoms with van der Waals surface area (Å²) in [5.74, 6) is -1.33. The molecule has 0 aromatic heterocycles. The number of nitrogens with zero attached hydrogens (tertiary/aromatic N) is 2. The number of sulfonamides is 1. The number of benzene rings is 2. The summed E-state index contributed by atoms with van der Waals surface area (Å²) in [6, 6.07) is 9.66. The Morgan fingerprint density at radius 2 is 1.75 bits per heavy atom. The maximum atomic E-state index is 14.3.